The van der Waals surface area contributed by atoms with E-state index in [-0.39, 0.29) is 24.1 Å². The van der Waals surface area contributed by atoms with Crippen molar-refractivity contribution in [1.82, 2.24) is 9.88 Å². The Bertz CT molecular complexity index is 1140. The molecule has 0 aliphatic carbocycles. The minimum atomic E-state index is -0.327. The Balaban J connectivity index is 1.62. The van der Waals surface area contributed by atoms with Crippen LogP contribution in [0.1, 0.15) is 27.4 Å². The van der Waals surface area contributed by atoms with Gasteiger partial charge in [0.05, 0.1) is 5.52 Å². The highest BCUT2D eigenvalue weighted by Gasteiger charge is 2.18. The maximum Gasteiger partial charge on any atom is 0.268 e. The molecule has 2 aromatic carbocycles. The monoisotopic (exact) mass is 380 g/mol. The Morgan fingerprint density at radius 2 is 1.79 bits per heavy atom. The van der Waals surface area contributed by atoms with Gasteiger partial charge in [0.1, 0.15) is 23.1 Å². The number of aryl methyl sites for hydroxylation is 1. The number of hydrogen-bond acceptors (Lipinski definition) is 2. The highest BCUT2D eigenvalue weighted by atomic mass is 19.1. The van der Waals surface area contributed by atoms with Gasteiger partial charge in [-0.25, -0.2) is 8.78 Å². The molecule has 1 N–H and O–H groups in total. The van der Waals surface area contributed by atoms with Crippen molar-refractivity contribution in [3.05, 3.63) is 94.9 Å². The van der Waals surface area contributed by atoms with Crippen molar-refractivity contribution >= 4 is 17.0 Å². The molecule has 2 aromatic heterocycles. The first-order chi connectivity index (χ1) is 13.5. The number of nitrogens with one attached hydrogen (secondary N) is 1. The number of furan rings is 1. The van der Waals surface area contributed by atoms with Gasteiger partial charge in [-0.05, 0) is 42.3 Å². The van der Waals surface area contributed by atoms with Gasteiger partial charge in [0.15, 0.2) is 5.58 Å². The molecule has 0 aliphatic rings. The van der Waals surface area contributed by atoms with Gasteiger partial charge < -0.3 is 14.3 Å². The third kappa shape index (κ3) is 3.67. The molecule has 4 nitrogen and oxygen atoms in total. The first kappa shape index (κ1) is 18.0. The summed E-state index contributed by atoms with van der Waals surface area (Å²) in [6.45, 7) is 2.44. The Morgan fingerprint density at radius 3 is 2.54 bits per heavy atom. The summed E-state index contributed by atoms with van der Waals surface area (Å²) in [5.74, 6) is -0.206. The molecule has 28 heavy (non-hydrogen) atoms. The summed E-state index contributed by atoms with van der Waals surface area (Å²) in [7, 11) is 0. The molecule has 0 aliphatic heterocycles. The molecule has 0 unspecified atom stereocenters. The van der Waals surface area contributed by atoms with Crippen LogP contribution < -0.4 is 5.32 Å². The number of hydrogen-bond donors (Lipinski definition) is 1. The van der Waals surface area contributed by atoms with Gasteiger partial charge in [0, 0.05) is 25.2 Å². The lowest BCUT2D eigenvalue weighted by Gasteiger charge is -2.11. The molecule has 6 heteroatoms. The van der Waals surface area contributed by atoms with Crippen molar-refractivity contribution in [1.29, 1.82) is 0 Å². The fourth-order valence-corrected chi connectivity index (χ4v) is 3.22. The molecule has 4 rings (SSSR count). The molecule has 0 saturated heterocycles. The fourth-order valence-electron chi connectivity index (χ4n) is 3.22. The number of nitrogens with zero attached hydrogens (tertiary/aromatic N) is 1. The lowest BCUT2D eigenvalue weighted by Crippen LogP contribution is -2.25. The molecule has 0 radical (unpaired) electrons. The average Bonchev–Trinajstić information content (AvgIpc) is 3.18. The van der Waals surface area contributed by atoms with Crippen molar-refractivity contribution in [2.45, 2.75) is 20.0 Å². The second-order valence-corrected chi connectivity index (χ2v) is 6.66. The molecule has 0 bridgehead atoms. The molecule has 0 saturated carbocycles. The first-order valence-electron chi connectivity index (χ1n) is 8.86. The van der Waals surface area contributed by atoms with Crippen LogP contribution >= 0.6 is 0 Å². The van der Waals surface area contributed by atoms with Gasteiger partial charge in [-0.2, -0.15) is 0 Å². The van der Waals surface area contributed by atoms with Crippen LogP contribution in [0.4, 0.5) is 8.78 Å². The van der Waals surface area contributed by atoms with Crippen molar-refractivity contribution < 1.29 is 18.0 Å². The molecule has 4 aromatic rings. The fraction of sp³-hybridized carbons (Fsp3) is 0.136. The van der Waals surface area contributed by atoms with Gasteiger partial charge in [0.25, 0.3) is 5.91 Å². The van der Waals surface area contributed by atoms with E-state index in [2.05, 4.69) is 5.32 Å². The van der Waals surface area contributed by atoms with Gasteiger partial charge in [-0.1, -0.05) is 24.3 Å². The summed E-state index contributed by atoms with van der Waals surface area (Å²) >= 11 is 0. The zero-order valence-corrected chi connectivity index (χ0v) is 15.2. The summed E-state index contributed by atoms with van der Waals surface area (Å²) in [5.41, 5.74) is 3.32. The molecule has 0 fully saturated rings. The van der Waals surface area contributed by atoms with Crippen molar-refractivity contribution in [2.75, 3.05) is 0 Å². The summed E-state index contributed by atoms with van der Waals surface area (Å²) in [4.78, 5) is 12.8. The van der Waals surface area contributed by atoms with Crippen LogP contribution in [0.3, 0.4) is 0 Å². The highest BCUT2D eigenvalue weighted by Crippen LogP contribution is 2.25. The predicted octanol–water partition coefficient (Wildman–Crippen LogP) is 4.80. The number of amides is 1. The number of rotatable bonds is 5. The average molecular weight is 380 g/mol. The zero-order chi connectivity index (χ0) is 19.7. The molecular formula is C22H18F2N2O2. The van der Waals surface area contributed by atoms with Gasteiger partial charge in [-0.15, -0.1) is 0 Å². The van der Waals surface area contributed by atoms with Gasteiger partial charge in [0.2, 0.25) is 0 Å². The standard InChI is InChI=1S/C22H18F2N2O2/c1-14-9-19-21(28-14)11-20(26(19)13-16-3-2-4-18(24)10-16)22(27)25-12-15-5-7-17(23)8-6-15/h2-11H,12-13H2,1H3,(H,25,27). The quantitative estimate of drug-likeness (QED) is 0.541. The van der Waals surface area contributed by atoms with E-state index in [0.717, 1.165) is 22.4 Å². The second-order valence-electron chi connectivity index (χ2n) is 6.66. The van der Waals surface area contributed by atoms with E-state index < -0.39 is 0 Å². The zero-order valence-electron chi connectivity index (χ0n) is 15.2. The maximum atomic E-state index is 13.6. The van der Waals surface area contributed by atoms with E-state index in [1.807, 2.05) is 19.1 Å². The number of benzene rings is 2. The molecule has 2 heterocycles. The van der Waals surface area contributed by atoms with Crippen LogP contribution in [-0.2, 0) is 13.1 Å². The first-order valence-corrected chi connectivity index (χ1v) is 8.86. The van der Waals surface area contributed by atoms with Crippen LogP contribution in [0, 0.1) is 18.6 Å². The van der Waals surface area contributed by atoms with E-state index in [1.54, 1.807) is 28.8 Å². The lowest BCUT2D eigenvalue weighted by molar-refractivity contribution is 0.0942. The smallest absolute Gasteiger partial charge is 0.268 e. The van der Waals surface area contributed by atoms with Crippen LogP contribution in [0.15, 0.2) is 65.1 Å². The molecule has 0 atom stereocenters. The Labute approximate surface area is 160 Å². The SMILES string of the molecule is Cc1cc2c(cc(C(=O)NCc3ccc(F)cc3)n2Cc2cccc(F)c2)o1. The summed E-state index contributed by atoms with van der Waals surface area (Å²) in [6.07, 6.45) is 0. The van der Waals surface area contributed by atoms with Crippen molar-refractivity contribution in [3.63, 3.8) is 0 Å². The summed E-state index contributed by atoms with van der Waals surface area (Å²) in [6, 6.07) is 15.8. The van der Waals surface area contributed by atoms with Crippen LogP contribution in [0.25, 0.3) is 11.1 Å². The largest absolute Gasteiger partial charge is 0.460 e. The third-order valence-corrected chi connectivity index (χ3v) is 4.54. The van der Waals surface area contributed by atoms with Crippen LogP contribution in [-0.4, -0.2) is 10.5 Å². The Kier molecular flexibility index (Phi) is 4.69. The van der Waals surface area contributed by atoms with Crippen LogP contribution in [0.2, 0.25) is 0 Å². The van der Waals surface area contributed by atoms with E-state index >= 15 is 0 Å². The number of carbonyl (C=O) groups excluding carboxylic acids is 1. The molecule has 1 amide bonds. The number of halogens is 2. The van der Waals surface area contributed by atoms with Crippen molar-refractivity contribution in [3.8, 4) is 0 Å². The minimum absolute atomic E-state index is 0.269. The second kappa shape index (κ2) is 7.31. The van der Waals surface area contributed by atoms with Crippen molar-refractivity contribution in [2.24, 2.45) is 0 Å². The number of carbonyl (C=O) groups is 1. The van der Waals surface area contributed by atoms with E-state index in [1.165, 1.54) is 24.3 Å². The van der Waals surface area contributed by atoms with Crippen LogP contribution in [0.5, 0.6) is 0 Å². The third-order valence-electron chi connectivity index (χ3n) is 4.54. The Hall–Kier alpha value is -3.41. The summed E-state index contributed by atoms with van der Waals surface area (Å²) < 4.78 is 34.1. The molecular weight excluding hydrogens is 362 g/mol. The molecule has 142 valence electrons. The maximum absolute atomic E-state index is 13.6. The topological polar surface area (TPSA) is 47.2 Å². The van der Waals surface area contributed by atoms with Gasteiger partial charge in [-0.3, -0.25) is 4.79 Å². The van der Waals surface area contributed by atoms with E-state index in [4.69, 9.17) is 4.42 Å². The number of fused-ring (bicyclic) bond motifs is 1. The van der Waals surface area contributed by atoms with E-state index in [9.17, 15) is 13.6 Å². The van der Waals surface area contributed by atoms with Gasteiger partial charge >= 0.3 is 0 Å². The minimum Gasteiger partial charge on any atom is -0.460 e. The predicted molar refractivity (Wildman–Crippen MR) is 102 cm³/mol. The van der Waals surface area contributed by atoms with E-state index in [0.29, 0.717) is 17.8 Å². The normalized spacial score (nSPS) is 11.1. The summed E-state index contributed by atoms with van der Waals surface area (Å²) in [5, 5.41) is 2.84. The Morgan fingerprint density at radius 1 is 1.00 bits per heavy atom. The lowest BCUT2D eigenvalue weighted by atomic mass is 10.2. The highest BCUT2D eigenvalue weighted by molar-refractivity contribution is 5.97. The number of aromatic nitrogens is 1. The molecule has 0 spiro atoms.